The number of benzene rings is 1. The Bertz CT molecular complexity index is 446. The van der Waals surface area contributed by atoms with Gasteiger partial charge in [-0.1, -0.05) is 13.3 Å². The molecule has 1 aromatic rings. The molecule has 7 heteroatoms. The predicted octanol–water partition coefficient (Wildman–Crippen LogP) is 3.73. The highest BCUT2D eigenvalue weighted by Gasteiger charge is 2.31. The van der Waals surface area contributed by atoms with Gasteiger partial charge in [-0.2, -0.15) is 0 Å². The van der Waals surface area contributed by atoms with Crippen molar-refractivity contribution in [3.05, 3.63) is 24.3 Å². The number of halogens is 3. The van der Waals surface area contributed by atoms with Crippen LogP contribution >= 0.6 is 0 Å². The Hall–Kier alpha value is -1.92. The molecule has 0 spiro atoms. The Balaban J connectivity index is 2.69. The molecule has 0 fully saturated rings. The van der Waals surface area contributed by atoms with Gasteiger partial charge in [0.25, 0.3) is 0 Å². The van der Waals surface area contributed by atoms with E-state index in [9.17, 15) is 18.0 Å². The minimum Gasteiger partial charge on any atom is -0.464 e. The van der Waals surface area contributed by atoms with Crippen LogP contribution in [0.15, 0.2) is 24.3 Å². The van der Waals surface area contributed by atoms with Crippen molar-refractivity contribution >= 4 is 11.7 Å². The number of carbonyl (C=O) groups excluding carboxylic acids is 1. The summed E-state index contributed by atoms with van der Waals surface area (Å²) < 4.78 is 44.9. The summed E-state index contributed by atoms with van der Waals surface area (Å²) in [6.45, 7) is 3.91. The van der Waals surface area contributed by atoms with Crippen LogP contribution in [0.5, 0.6) is 5.75 Å². The number of nitrogens with one attached hydrogen (secondary N) is 1. The number of anilines is 1. The van der Waals surface area contributed by atoms with Gasteiger partial charge in [0.05, 0.1) is 6.61 Å². The second kappa shape index (κ2) is 7.75. The van der Waals surface area contributed by atoms with Crippen molar-refractivity contribution in [2.75, 3.05) is 11.9 Å². The van der Waals surface area contributed by atoms with E-state index in [-0.39, 0.29) is 18.3 Å². The van der Waals surface area contributed by atoms with Gasteiger partial charge in [0, 0.05) is 5.69 Å². The van der Waals surface area contributed by atoms with E-state index in [0.717, 1.165) is 6.42 Å². The van der Waals surface area contributed by atoms with Gasteiger partial charge in [0.15, 0.2) is 0 Å². The highest BCUT2D eigenvalue weighted by Crippen LogP contribution is 2.24. The average Bonchev–Trinajstić information content (AvgIpc) is 2.39. The molecule has 4 nitrogen and oxygen atoms in total. The molecular weight excluding hydrogens is 287 g/mol. The monoisotopic (exact) mass is 305 g/mol. The van der Waals surface area contributed by atoms with Crippen molar-refractivity contribution in [3.63, 3.8) is 0 Å². The summed E-state index contributed by atoms with van der Waals surface area (Å²) >= 11 is 0. The summed E-state index contributed by atoms with van der Waals surface area (Å²) in [6, 6.07) is 4.68. The topological polar surface area (TPSA) is 47.6 Å². The molecule has 0 aliphatic heterocycles. The molecule has 0 aliphatic carbocycles. The molecule has 1 N–H and O–H groups in total. The van der Waals surface area contributed by atoms with Gasteiger partial charge in [0.1, 0.15) is 11.8 Å². The number of hydrogen-bond acceptors (Lipinski definition) is 4. The van der Waals surface area contributed by atoms with Gasteiger partial charge in [-0.15, -0.1) is 13.2 Å². The van der Waals surface area contributed by atoms with Gasteiger partial charge >= 0.3 is 12.3 Å². The normalized spacial score (nSPS) is 12.6. The third kappa shape index (κ3) is 6.37. The summed E-state index contributed by atoms with van der Waals surface area (Å²) in [5, 5.41) is 2.94. The number of hydrogen-bond donors (Lipinski definition) is 1. The molecule has 1 atom stereocenters. The fraction of sp³-hybridized carbons (Fsp3) is 0.500. The van der Waals surface area contributed by atoms with Crippen LogP contribution in [0.3, 0.4) is 0 Å². The van der Waals surface area contributed by atoms with Crippen molar-refractivity contribution in [2.24, 2.45) is 0 Å². The molecule has 0 aromatic heterocycles. The van der Waals surface area contributed by atoms with E-state index in [0.29, 0.717) is 12.1 Å². The molecule has 1 unspecified atom stereocenters. The van der Waals surface area contributed by atoms with Gasteiger partial charge in [-0.25, -0.2) is 4.79 Å². The number of ether oxygens (including phenoxy) is 2. The van der Waals surface area contributed by atoms with Gasteiger partial charge in [-0.05, 0) is 37.6 Å². The van der Waals surface area contributed by atoms with Crippen LogP contribution < -0.4 is 10.1 Å². The Morgan fingerprint density at radius 1 is 1.24 bits per heavy atom. The highest BCUT2D eigenvalue weighted by atomic mass is 19.4. The van der Waals surface area contributed by atoms with Gasteiger partial charge in [-0.3, -0.25) is 0 Å². The summed E-state index contributed by atoms with van der Waals surface area (Å²) in [4.78, 5) is 11.7. The summed E-state index contributed by atoms with van der Waals surface area (Å²) in [6.07, 6.45) is -3.38. The van der Waals surface area contributed by atoms with Crippen LogP contribution in [0.25, 0.3) is 0 Å². The van der Waals surface area contributed by atoms with Crippen LogP contribution in [-0.4, -0.2) is 25.0 Å². The van der Waals surface area contributed by atoms with E-state index in [4.69, 9.17) is 4.74 Å². The van der Waals surface area contributed by atoms with Crippen molar-refractivity contribution in [1.82, 2.24) is 0 Å². The number of esters is 1. The maximum Gasteiger partial charge on any atom is 0.573 e. The molecule has 0 saturated carbocycles. The molecule has 0 saturated heterocycles. The van der Waals surface area contributed by atoms with E-state index in [1.54, 1.807) is 6.92 Å². The van der Waals surface area contributed by atoms with Crippen molar-refractivity contribution in [2.45, 2.75) is 39.1 Å². The summed E-state index contributed by atoms with van der Waals surface area (Å²) in [7, 11) is 0. The lowest BCUT2D eigenvalue weighted by molar-refractivity contribution is -0.274. The zero-order valence-electron chi connectivity index (χ0n) is 11.9. The number of rotatable bonds is 7. The molecule has 21 heavy (non-hydrogen) atoms. The zero-order valence-corrected chi connectivity index (χ0v) is 11.9. The molecule has 0 amide bonds. The standard InChI is InChI=1S/C14H18F3NO3/c1-3-5-12(13(19)20-4-2)18-10-6-8-11(9-7-10)21-14(15,16)17/h6-9,12,18H,3-5H2,1-2H3. The van der Waals surface area contributed by atoms with E-state index in [2.05, 4.69) is 10.1 Å². The maximum absolute atomic E-state index is 12.0. The first-order valence-electron chi connectivity index (χ1n) is 6.64. The Kier molecular flexibility index (Phi) is 6.33. The fourth-order valence-corrected chi connectivity index (χ4v) is 1.73. The molecular formula is C14H18F3NO3. The van der Waals surface area contributed by atoms with E-state index < -0.39 is 12.4 Å². The molecule has 118 valence electrons. The first kappa shape index (κ1) is 17.1. The second-order valence-corrected chi connectivity index (χ2v) is 4.31. The molecule has 1 aromatic carbocycles. The minimum absolute atomic E-state index is 0.277. The fourth-order valence-electron chi connectivity index (χ4n) is 1.73. The van der Waals surface area contributed by atoms with E-state index in [1.165, 1.54) is 24.3 Å². The minimum atomic E-state index is -4.72. The molecule has 0 bridgehead atoms. The lowest BCUT2D eigenvalue weighted by Crippen LogP contribution is -2.31. The Morgan fingerprint density at radius 3 is 2.33 bits per heavy atom. The molecule has 0 radical (unpaired) electrons. The van der Waals surface area contributed by atoms with Crippen LogP contribution in [0.2, 0.25) is 0 Å². The Morgan fingerprint density at radius 2 is 1.86 bits per heavy atom. The van der Waals surface area contributed by atoms with Crippen LogP contribution in [-0.2, 0) is 9.53 Å². The molecule has 1 rings (SSSR count). The first-order chi connectivity index (χ1) is 9.85. The van der Waals surface area contributed by atoms with Crippen molar-refractivity contribution in [3.8, 4) is 5.75 Å². The number of carbonyl (C=O) groups is 1. The first-order valence-corrected chi connectivity index (χ1v) is 6.64. The van der Waals surface area contributed by atoms with Crippen molar-refractivity contribution in [1.29, 1.82) is 0 Å². The quantitative estimate of drug-likeness (QED) is 0.780. The van der Waals surface area contributed by atoms with E-state index in [1.807, 2.05) is 6.92 Å². The van der Waals surface area contributed by atoms with Crippen LogP contribution in [0.1, 0.15) is 26.7 Å². The van der Waals surface area contributed by atoms with Gasteiger partial charge < -0.3 is 14.8 Å². The molecule has 0 aliphatic rings. The third-order valence-corrected chi connectivity index (χ3v) is 2.58. The predicted molar refractivity (Wildman–Crippen MR) is 72.1 cm³/mol. The lowest BCUT2D eigenvalue weighted by Gasteiger charge is -2.18. The summed E-state index contributed by atoms with van der Waals surface area (Å²) in [5.74, 6) is -0.689. The Labute approximate surface area is 121 Å². The van der Waals surface area contributed by atoms with Crippen molar-refractivity contribution < 1.29 is 27.4 Å². The third-order valence-electron chi connectivity index (χ3n) is 2.58. The van der Waals surface area contributed by atoms with Crippen LogP contribution in [0.4, 0.5) is 18.9 Å². The number of alkyl halides is 3. The summed E-state index contributed by atoms with van der Waals surface area (Å²) in [5.41, 5.74) is 0.524. The SMILES string of the molecule is CCCC(Nc1ccc(OC(F)(F)F)cc1)C(=O)OCC. The lowest BCUT2D eigenvalue weighted by atomic mass is 10.1. The van der Waals surface area contributed by atoms with Crippen LogP contribution in [0, 0.1) is 0 Å². The molecule has 0 heterocycles. The zero-order chi connectivity index (χ0) is 15.9. The average molecular weight is 305 g/mol. The van der Waals surface area contributed by atoms with E-state index >= 15 is 0 Å². The second-order valence-electron chi connectivity index (χ2n) is 4.31. The highest BCUT2D eigenvalue weighted by molar-refractivity contribution is 5.79. The van der Waals surface area contributed by atoms with Gasteiger partial charge in [0.2, 0.25) is 0 Å². The smallest absolute Gasteiger partial charge is 0.464 e. The maximum atomic E-state index is 12.0. The largest absolute Gasteiger partial charge is 0.573 e.